The SMILES string of the molecule is Cc1cccc(N(C2=CC=C(C3=CC(Cl)=CC(C4C=C(Cl)C=C(c5ccc(N(C6=CCCC=C6)C6C=CC=CC6)cc5)C4)C3)CC2)C2CC=CCC2)c1. The molecule has 6 aliphatic rings. The van der Waals surface area contributed by atoms with Gasteiger partial charge >= 0.3 is 0 Å². The molecule has 0 heterocycles. The van der Waals surface area contributed by atoms with Crippen molar-refractivity contribution < 1.29 is 0 Å². The Morgan fingerprint density at radius 1 is 0.679 bits per heavy atom. The van der Waals surface area contributed by atoms with E-state index in [2.05, 4.69) is 156 Å². The average Bonchev–Trinajstić information content (AvgIpc) is 3.19. The molecule has 0 fully saturated rings. The lowest BCUT2D eigenvalue weighted by Crippen LogP contribution is -2.36. The van der Waals surface area contributed by atoms with Crippen LogP contribution in [0.5, 0.6) is 0 Å². The van der Waals surface area contributed by atoms with E-state index in [0.717, 1.165) is 67.9 Å². The van der Waals surface area contributed by atoms with Crippen LogP contribution in [-0.4, -0.2) is 12.1 Å². The maximum atomic E-state index is 6.92. The van der Waals surface area contributed by atoms with Crippen LogP contribution in [0.4, 0.5) is 11.4 Å². The van der Waals surface area contributed by atoms with Crippen molar-refractivity contribution in [2.45, 2.75) is 83.2 Å². The normalized spacial score (nSPS) is 25.4. The molecule has 0 radical (unpaired) electrons. The van der Waals surface area contributed by atoms with E-state index in [4.69, 9.17) is 23.2 Å². The van der Waals surface area contributed by atoms with Crippen molar-refractivity contribution in [1.29, 1.82) is 0 Å². The highest BCUT2D eigenvalue weighted by molar-refractivity contribution is 6.32. The van der Waals surface area contributed by atoms with E-state index < -0.39 is 0 Å². The minimum atomic E-state index is 0.277. The van der Waals surface area contributed by atoms with Gasteiger partial charge in [0.05, 0.1) is 6.04 Å². The van der Waals surface area contributed by atoms with Gasteiger partial charge in [-0.2, -0.15) is 0 Å². The van der Waals surface area contributed by atoms with Crippen molar-refractivity contribution in [3.8, 4) is 0 Å². The first kappa shape index (κ1) is 35.8. The quantitative estimate of drug-likeness (QED) is 0.237. The number of hydrogen-bond acceptors (Lipinski definition) is 2. The highest BCUT2D eigenvalue weighted by Gasteiger charge is 2.30. The van der Waals surface area contributed by atoms with E-state index in [1.54, 1.807) is 0 Å². The van der Waals surface area contributed by atoms with Crippen LogP contribution in [0.1, 0.15) is 75.3 Å². The molecule has 8 rings (SSSR count). The van der Waals surface area contributed by atoms with E-state index in [1.807, 2.05) is 0 Å². The lowest BCUT2D eigenvalue weighted by molar-refractivity contribution is 0.472. The maximum Gasteiger partial charge on any atom is 0.0559 e. The van der Waals surface area contributed by atoms with Crippen LogP contribution >= 0.6 is 23.2 Å². The van der Waals surface area contributed by atoms with E-state index in [0.29, 0.717) is 12.1 Å². The summed E-state index contributed by atoms with van der Waals surface area (Å²) in [7, 11) is 0. The molecule has 0 saturated heterocycles. The van der Waals surface area contributed by atoms with Crippen LogP contribution in [0, 0.1) is 18.8 Å². The Hall–Kier alpha value is -4.24. The Bertz CT molecular complexity index is 2040. The summed E-state index contributed by atoms with van der Waals surface area (Å²) in [5, 5.41) is 1.66. The summed E-state index contributed by atoms with van der Waals surface area (Å²) in [4.78, 5) is 5.11. The van der Waals surface area contributed by atoms with Gasteiger partial charge in [-0.25, -0.2) is 0 Å². The fourth-order valence-electron chi connectivity index (χ4n) is 8.96. The van der Waals surface area contributed by atoms with Crippen LogP contribution in [0.25, 0.3) is 5.57 Å². The molecule has 0 aromatic heterocycles. The molecule has 4 atom stereocenters. The molecular weight excluding hydrogens is 687 g/mol. The summed E-state index contributed by atoms with van der Waals surface area (Å²) in [6.45, 7) is 2.19. The third-order valence-electron chi connectivity index (χ3n) is 11.6. The Morgan fingerprint density at radius 2 is 1.49 bits per heavy atom. The minimum absolute atomic E-state index is 0.277. The third kappa shape index (κ3) is 8.30. The highest BCUT2D eigenvalue weighted by atomic mass is 35.5. The predicted molar refractivity (Wildman–Crippen MR) is 228 cm³/mol. The fourth-order valence-corrected chi connectivity index (χ4v) is 9.54. The van der Waals surface area contributed by atoms with E-state index in [9.17, 15) is 0 Å². The summed E-state index contributed by atoms with van der Waals surface area (Å²) in [6, 6.07) is 18.9. The van der Waals surface area contributed by atoms with Crippen molar-refractivity contribution in [3.63, 3.8) is 0 Å². The Morgan fingerprint density at radius 3 is 2.17 bits per heavy atom. The van der Waals surface area contributed by atoms with E-state index >= 15 is 0 Å². The number of benzene rings is 2. The van der Waals surface area contributed by atoms with Gasteiger partial charge in [0.15, 0.2) is 0 Å². The van der Waals surface area contributed by atoms with Gasteiger partial charge in [-0.05, 0) is 159 Å². The first-order valence-electron chi connectivity index (χ1n) is 19.6. The largest absolute Gasteiger partial charge is 0.342 e. The standard InChI is InChI=1S/C49H50Cl2N2/c1-35-12-11-19-49(28-35)53(46-17-9-4-10-18-46)48-26-22-37(23-27-48)39-30-41(34-43(51)32-39)40-29-38(31-42(50)33-40)36-20-24-47(25-21-36)52(44-13-5-2-6-14-44)45-15-7-3-8-16-45/h2,4-7,9,11-13,15-16,19-22,24-26,28,31-34,40-41,44,46H,3,8,10,14,17-18,23,27,29-30H2,1H3. The Labute approximate surface area is 326 Å². The van der Waals surface area contributed by atoms with E-state index in [-0.39, 0.29) is 11.8 Å². The molecular formula is C49H50Cl2N2. The molecule has 0 bridgehead atoms. The first-order chi connectivity index (χ1) is 26.0. The zero-order valence-electron chi connectivity index (χ0n) is 30.8. The highest BCUT2D eigenvalue weighted by Crippen LogP contribution is 2.44. The van der Waals surface area contributed by atoms with Gasteiger partial charge in [0.2, 0.25) is 0 Å². The lowest BCUT2D eigenvalue weighted by Gasteiger charge is -2.38. The Kier molecular flexibility index (Phi) is 11.1. The zero-order valence-corrected chi connectivity index (χ0v) is 32.3. The third-order valence-corrected chi connectivity index (χ3v) is 12.1. The van der Waals surface area contributed by atoms with Gasteiger partial charge in [-0.15, -0.1) is 0 Å². The molecule has 0 amide bonds. The van der Waals surface area contributed by atoms with Gasteiger partial charge in [0.1, 0.15) is 0 Å². The number of allylic oxidation sites excluding steroid dienone is 18. The summed E-state index contributed by atoms with van der Waals surface area (Å²) >= 11 is 13.8. The minimum Gasteiger partial charge on any atom is -0.342 e. The second-order valence-electron chi connectivity index (χ2n) is 15.3. The number of rotatable bonds is 9. The molecule has 0 spiro atoms. The molecule has 270 valence electrons. The van der Waals surface area contributed by atoms with Crippen LogP contribution in [0.15, 0.2) is 172 Å². The predicted octanol–water partition coefficient (Wildman–Crippen LogP) is 13.7. The van der Waals surface area contributed by atoms with Gasteiger partial charge in [0, 0.05) is 38.9 Å². The molecule has 0 aliphatic heterocycles. The van der Waals surface area contributed by atoms with Gasteiger partial charge in [-0.3, -0.25) is 0 Å². The van der Waals surface area contributed by atoms with Crippen LogP contribution in [0.3, 0.4) is 0 Å². The van der Waals surface area contributed by atoms with Crippen LogP contribution in [0.2, 0.25) is 0 Å². The second kappa shape index (κ2) is 16.4. The molecule has 2 nitrogen and oxygen atoms in total. The van der Waals surface area contributed by atoms with E-state index in [1.165, 1.54) is 57.0 Å². The van der Waals surface area contributed by atoms with Crippen LogP contribution < -0.4 is 9.80 Å². The zero-order chi connectivity index (χ0) is 36.1. The molecule has 6 aliphatic carbocycles. The first-order valence-corrected chi connectivity index (χ1v) is 20.4. The average molecular weight is 738 g/mol. The number of anilines is 2. The molecule has 0 N–H and O–H groups in total. The van der Waals surface area contributed by atoms with Gasteiger partial charge in [0.25, 0.3) is 0 Å². The summed E-state index contributed by atoms with van der Waals surface area (Å²) in [5.41, 5.74) is 11.8. The summed E-state index contributed by atoms with van der Waals surface area (Å²) in [5.74, 6) is 0.564. The Balaban J connectivity index is 0.983. The smallest absolute Gasteiger partial charge is 0.0559 e. The lowest BCUT2D eigenvalue weighted by atomic mass is 9.75. The van der Waals surface area contributed by atoms with Gasteiger partial charge < -0.3 is 9.80 Å². The maximum absolute atomic E-state index is 6.92. The molecule has 0 saturated carbocycles. The van der Waals surface area contributed by atoms with Crippen LogP contribution in [-0.2, 0) is 0 Å². The topological polar surface area (TPSA) is 6.48 Å². The number of hydrogen-bond donors (Lipinski definition) is 0. The van der Waals surface area contributed by atoms with Crippen molar-refractivity contribution in [2.24, 2.45) is 11.8 Å². The molecule has 2 aromatic rings. The summed E-state index contributed by atoms with van der Waals surface area (Å²) < 4.78 is 0. The van der Waals surface area contributed by atoms with Crippen molar-refractivity contribution >= 4 is 40.1 Å². The fraction of sp³-hybridized carbons (Fsp3) is 0.306. The number of aryl methyl sites for hydroxylation is 1. The van der Waals surface area contributed by atoms with Gasteiger partial charge in [-0.1, -0.05) is 114 Å². The summed E-state index contributed by atoms with van der Waals surface area (Å²) in [6.07, 6.45) is 44.8. The number of nitrogens with zero attached hydrogens (tertiary/aromatic N) is 2. The van der Waals surface area contributed by atoms with Crippen molar-refractivity contribution in [3.05, 3.63) is 183 Å². The second-order valence-corrected chi connectivity index (χ2v) is 16.2. The molecule has 2 aromatic carbocycles. The van der Waals surface area contributed by atoms with Crippen molar-refractivity contribution in [1.82, 2.24) is 0 Å². The molecule has 4 unspecified atom stereocenters. The molecule has 53 heavy (non-hydrogen) atoms. The molecule has 4 heteroatoms. The monoisotopic (exact) mass is 736 g/mol. The number of halogens is 2. The van der Waals surface area contributed by atoms with Crippen molar-refractivity contribution in [2.75, 3.05) is 9.80 Å².